The van der Waals surface area contributed by atoms with Crippen LogP contribution in [-0.4, -0.2) is 65.1 Å². The smallest absolute Gasteiger partial charge is 0.161 e. The molecule has 4 aromatic carbocycles. The molecule has 0 fully saturated rings. The molecular weight excluding hydrogens is 671 g/mol. The second-order valence-corrected chi connectivity index (χ2v) is 15.6. The third-order valence-corrected chi connectivity index (χ3v) is 10.1. The van der Waals surface area contributed by atoms with Gasteiger partial charge in [0.1, 0.15) is 0 Å². The monoisotopic (exact) mass is 735 g/mol. The van der Waals surface area contributed by atoms with Crippen molar-refractivity contribution in [3.05, 3.63) is 119 Å². The molecule has 292 valence electrons. The second-order valence-electron chi connectivity index (χ2n) is 15.6. The van der Waals surface area contributed by atoms with Crippen LogP contribution in [-0.2, 0) is 11.8 Å². The molecule has 0 bridgehead atoms. The molecule has 0 amide bonds. The summed E-state index contributed by atoms with van der Waals surface area (Å²) in [6.07, 6.45) is 3.71. The minimum atomic E-state index is -0.580. The number of nitrogens with zero attached hydrogens (tertiary/aromatic N) is 2. The standard InChI is InChI=1S/C27H38N2O4.C20H27N/c1-20(2)27(19-28,22-10-12-24(31-5)26(18-22)33-7)14-8-15-29(3)16-13-21-9-11-23(30-4)25(17-21)32-6;1-16(21-20(2,3)4)15-19(17-11-7-5-8-12-17)18-13-9-6-10-14-18/h9-12,17-18,20H,8,13-16H2,1-7H3;5-14,16,19,21H,15H2,1-4H3. The van der Waals surface area contributed by atoms with Crippen molar-refractivity contribution < 1.29 is 18.9 Å². The number of nitriles is 1. The first-order valence-corrected chi connectivity index (χ1v) is 19.2. The first-order valence-electron chi connectivity index (χ1n) is 19.2. The molecular formula is C47H65N3O4. The predicted molar refractivity (Wildman–Crippen MR) is 223 cm³/mol. The van der Waals surface area contributed by atoms with E-state index in [0.29, 0.717) is 23.5 Å². The third-order valence-electron chi connectivity index (χ3n) is 10.1. The van der Waals surface area contributed by atoms with Crippen LogP contribution in [0.3, 0.4) is 0 Å². The van der Waals surface area contributed by atoms with Crippen LogP contribution in [0.15, 0.2) is 97.1 Å². The number of nitrogens with one attached hydrogen (secondary N) is 1. The number of benzene rings is 4. The lowest BCUT2D eigenvalue weighted by Gasteiger charge is -2.32. The molecule has 7 heteroatoms. The van der Waals surface area contributed by atoms with E-state index >= 15 is 0 Å². The van der Waals surface area contributed by atoms with Gasteiger partial charge in [-0.05, 0) is 119 Å². The Labute approximate surface area is 326 Å². The summed E-state index contributed by atoms with van der Waals surface area (Å²) in [7, 11) is 8.67. The highest BCUT2D eigenvalue weighted by Gasteiger charge is 2.36. The van der Waals surface area contributed by atoms with Gasteiger partial charge < -0.3 is 29.2 Å². The van der Waals surface area contributed by atoms with Crippen molar-refractivity contribution in [3.8, 4) is 29.1 Å². The van der Waals surface area contributed by atoms with Gasteiger partial charge in [-0.25, -0.2) is 0 Å². The van der Waals surface area contributed by atoms with Crippen LogP contribution in [0.1, 0.15) is 89.0 Å². The maximum absolute atomic E-state index is 10.2. The van der Waals surface area contributed by atoms with Crippen molar-refractivity contribution in [2.75, 3.05) is 48.6 Å². The normalized spacial score (nSPS) is 13.1. The summed E-state index contributed by atoms with van der Waals surface area (Å²) in [5.41, 5.74) is 4.54. The molecule has 1 N–H and O–H groups in total. The van der Waals surface area contributed by atoms with E-state index in [4.69, 9.17) is 18.9 Å². The second kappa shape index (κ2) is 21.4. The van der Waals surface area contributed by atoms with Gasteiger partial charge >= 0.3 is 0 Å². The Morgan fingerprint density at radius 2 is 1.20 bits per heavy atom. The van der Waals surface area contributed by atoms with Gasteiger partial charge in [-0.1, -0.05) is 86.6 Å². The number of ether oxygens (including phenoxy) is 4. The van der Waals surface area contributed by atoms with Crippen LogP contribution < -0.4 is 24.3 Å². The van der Waals surface area contributed by atoms with E-state index in [1.807, 2.05) is 30.3 Å². The Kier molecular flexibility index (Phi) is 17.4. The molecule has 4 rings (SSSR count). The lowest BCUT2D eigenvalue weighted by atomic mass is 9.69. The maximum atomic E-state index is 10.2. The minimum absolute atomic E-state index is 0.150. The van der Waals surface area contributed by atoms with Crippen molar-refractivity contribution in [2.24, 2.45) is 5.92 Å². The fourth-order valence-electron chi connectivity index (χ4n) is 7.21. The molecule has 54 heavy (non-hydrogen) atoms. The number of methoxy groups -OCH3 is 4. The molecule has 0 aromatic heterocycles. The Hall–Kier alpha value is -4.51. The molecule has 0 radical (unpaired) electrons. The first-order chi connectivity index (χ1) is 25.8. The molecule has 2 atom stereocenters. The summed E-state index contributed by atoms with van der Waals surface area (Å²) in [5, 5.41) is 13.9. The Bertz CT molecular complexity index is 1680. The van der Waals surface area contributed by atoms with Gasteiger partial charge in [0.25, 0.3) is 0 Å². The Morgan fingerprint density at radius 3 is 1.69 bits per heavy atom. The molecule has 0 aliphatic rings. The lowest BCUT2D eigenvalue weighted by Crippen LogP contribution is -2.42. The number of hydrogen-bond donors (Lipinski definition) is 1. The summed E-state index contributed by atoms with van der Waals surface area (Å²) in [6.45, 7) is 15.0. The van der Waals surface area contributed by atoms with Gasteiger partial charge in [0.15, 0.2) is 23.0 Å². The van der Waals surface area contributed by atoms with Crippen LogP contribution in [0.2, 0.25) is 0 Å². The molecule has 0 aliphatic heterocycles. The average Bonchev–Trinajstić information content (AvgIpc) is 3.17. The van der Waals surface area contributed by atoms with E-state index < -0.39 is 5.41 Å². The third kappa shape index (κ3) is 12.8. The van der Waals surface area contributed by atoms with E-state index in [0.717, 1.165) is 55.8 Å². The van der Waals surface area contributed by atoms with Crippen molar-refractivity contribution in [1.82, 2.24) is 10.2 Å². The topological polar surface area (TPSA) is 76.0 Å². The van der Waals surface area contributed by atoms with Crippen LogP contribution in [0.25, 0.3) is 0 Å². The molecule has 7 nitrogen and oxygen atoms in total. The first kappa shape index (κ1) is 43.9. The summed E-state index contributed by atoms with van der Waals surface area (Å²) in [4.78, 5) is 2.31. The van der Waals surface area contributed by atoms with Crippen LogP contribution >= 0.6 is 0 Å². The van der Waals surface area contributed by atoms with Gasteiger partial charge in [0, 0.05) is 24.0 Å². The Balaban J connectivity index is 0.000000320. The van der Waals surface area contributed by atoms with Crippen LogP contribution in [0.4, 0.5) is 0 Å². The van der Waals surface area contributed by atoms with Gasteiger partial charge in [0.05, 0.1) is 39.9 Å². The zero-order valence-corrected chi connectivity index (χ0v) is 34.7. The van der Waals surface area contributed by atoms with Gasteiger partial charge in [-0.15, -0.1) is 0 Å². The van der Waals surface area contributed by atoms with E-state index in [1.165, 1.54) is 16.7 Å². The van der Waals surface area contributed by atoms with Crippen molar-refractivity contribution in [2.45, 2.75) is 90.1 Å². The van der Waals surface area contributed by atoms with Gasteiger partial charge in [-0.3, -0.25) is 0 Å². The van der Waals surface area contributed by atoms with Crippen molar-refractivity contribution in [1.29, 1.82) is 5.26 Å². The van der Waals surface area contributed by atoms with Gasteiger partial charge in [-0.2, -0.15) is 5.26 Å². The fourth-order valence-corrected chi connectivity index (χ4v) is 7.21. The van der Waals surface area contributed by atoms with Crippen molar-refractivity contribution in [3.63, 3.8) is 0 Å². The highest BCUT2D eigenvalue weighted by molar-refractivity contribution is 5.47. The number of hydrogen-bond acceptors (Lipinski definition) is 7. The fraction of sp³-hybridized carbons (Fsp3) is 0.468. The molecule has 0 spiro atoms. The molecule has 0 aliphatic carbocycles. The zero-order valence-electron chi connectivity index (χ0n) is 34.7. The van der Waals surface area contributed by atoms with Gasteiger partial charge in [0.2, 0.25) is 0 Å². The summed E-state index contributed by atoms with van der Waals surface area (Å²) >= 11 is 0. The van der Waals surface area contributed by atoms with E-state index in [9.17, 15) is 5.26 Å². The highest BCUT2D eigenvalue weighted by Crippen LogP contribution is 2.40. The largest absolute Gasteiger partial charge is 0.493 e. The quantitative estimate of drug-likeness (QED) is 0.109. The van der Waals surface area contributed by atoms with E-state index in [-0.39, 0.29) is 11.5 Å². The van der Waals surface area contributed by atoms with Crippen LogP contribution in [0, 0.1) is 17.2 Å². The maximum Gasteiger partial charge on any atom is 0.161 e. The van der Waals surface area contributed by atoms with Crippen molar-refractivity contribution >= 4 is 0 Å². The molecule has 0 saturated heterocycles. The lowest BCUT2D eigenvalue weighted by molar-refractivity contribution is 0.292. The molecule has 0 heterocycles. The zero-order chi connectivity index (χ0) is 39.7. The minimum Gasteiger partial charge on any atom is -0.493 e. The summed E-state index contributed by atoms with van der Waals surface area (Å²) in [5.74, 6) is 3.43. The number of likely N-dealkylation sites (N-methyl/N-ethyl adjacent to an activating group) is 1. The summed E-state index contributed by atoms with van der Waals surface area (Å²) in [6, 6.07) is 36.6. The molecule has 4 aromatic rings. The SMILES string of the molecule is CC(CC(c1ccccc1)c1ccccc1)NC(C)(C)C.COc1ccc(CCN(C)CCCC(C#N)(c2ccc(OC)c(OC)c2)C(C)C)cc1OC. The van der Waals surface area contributed by atoms with E-state index in [2.05, 4.69) is 132 Å². The highest BCUT2D eigenvalue weighted by atomic mass is 16.5. The van der Waals surface area contributed by atoms with Crippen LogP contribution in [0.5, 0.6) is 23.0 Å². The summed E-state index contributed by atoms with van der Waals surface area (Å²) < 4.78 is 21.6. The average molecular weight is 736 g/mol. The van der Waals surface area contributed by atoms with E-state index in [1.54, 1.807) is 28.4 Å². The molecule has 2 unspecified atom stereocenters. The molecule has 0 saturated carbocycles. The Morgan fingerprint density at radius 1 is 0.685 bits per heavy atom. The predicted octanol–water partition coefficient (Wildman–Crippen LogP) is 10.1. The number of rotatable bonds is 18.